The molecule has 0 saturated heterocycles. The molecule has 0 aliphatic carbocycles. The van der Waals surface area contributed by atoms with Crippen LogP contribution < -0.4 is 9.04 Å². The summed E-state index contributed by atoms with van der Waals surface area (Å²) >= 11 is 0. The summed E-state index contributed by atoms with van der Waals surface area (Å²) in [6.45, 7) is 3.90. The van der Waals surface area contributed by atoms with Crippen LogP contribution in [0.25, 0.3) is 0 Å². The van der Waals surface area contributed by atoms with Crippen molar-refractivity contribution in [3.8, 4) is 5.75 Å². The molecule has 0 spiro atoms. The lowest BCUT2D eigenvalue weighted by Crippen LogP contribution is -2.45. The highest BCUT2D eigenvalue weighted by Gasteiger charge is 2.32. The van der Waals surface area contributed by atoms with Crippen molar-refractivity contribution in [1.29, 1.82) is 0 Å². The third-order valence-corrected chi connectivity index (χ3v) is 4.53. The van der Waals surface area contributed by atoms with Crippen LogP contribution in [0.1, 0.15) is 13.8 Å². The zero-order chi connectivity index (χ0) is 11.8. The molecule has 88 valence electrons. The van der Waals surface area contributed by atoms with Gasteiger partial charge in [-0.25, -0.2) is 8.42 Å². The topological polar surface area (TPSA) is 46.6 Å². The first-order chi connectivity index (χ1) is 7.56. The molecule has 1 unspecified atom stereocenters. The number of anilines is 1. The van der Waals surface area contributed by atoms with Crippen LogP contribution in [-0.2, 0) is 10.0 Å². The SMILES string of the molecule is CCS(=O)(=O)N1c2ccccc2OCC1C. The minimum Gasteiger partial charge on any atom is -0.489 e. The Balaban J connectivity index is 2.53. The predicted octanol–water partition coefficient (Wildman–Crippen LogP) is 1.62. The molecule has 1 heterocycles. The normalized spacial score (nSPS) is 20.1. The number of benzene rings is 1. The lowest BCUT2D eigenvalue weighted by molar-refractivity contribution is 0.281. The molecule has 0 saturated carbocycles. The number of hydrogen-bond acceptors (Lipinski definition) is 3. The molecule has 0 N–H and O–H groups in total. The second-order valence-electron chi connectivity index (χ2n) is 3.82. The molecule has 5 heteroatoms. The van der Waals surface area contributed by atoms with E-state index < -0.39 is 10.0 Å². The number of sulfonamides is 1. The Morgan fingerprint density at radius 3 is 2.81 bits per heavy atom. The molecule has 2 rings (SSSR count). The van der Waals surface area contributed by atoms with Crippen molar-refractivity contribution in [3.63, 3.8) is 0 Å². The van der Waals surface area contributed by atoms with Crippen molar-refractivity contribution in [2.24, 2.45) is 0 Å². The average Bonchev–Trinajstić information content (AvgIpc) is 2.28. The summed E-state index contributed by atoms with van der Waals surface area (Å²) < 4.78 is 31.0. The maximum Gasteiger partial charge on any atom is 0.235 e. The summed E-state index contributed by atoms with van der Waals surface area (Å²) in [6, 6.07) is 7.07. The van der Waals surface area contributed by atoms with Crippen molar-refractivity contribution in [2.75, 3.05) is 16.7 Å². The second kappa shape index (κ2) is 3.97. The van der Waals surface area contributed by atoms with Crippen LogP contribution in [0.2, 0.25) is 0 Å². The number of rotatable bonds is 2. The Morgan fingerprint density at radius 2 is 2.12 bits per heavy atom. The lowest BCUT2D eigenvalue weighted by atomic mass is 10.2. The summed E-state index contributed by atoms with van der Waals surface area (Å²) in [4.78, 5) is 0. The van der Waals surface area contributed by atoms with Gasteiger partial charge in [-0.05, 0) is 26.0 Å². The fourth-order valence-electron chi connectivity index (χ4n) is 1.84. The Labute approximate surface area is 95.9 Å². The fourth-order valence-corrected chi connectivity index (χ4v) is 3.18. The Bertz CT molecular complexity index is 484. The molecule has 4 nitrogen and oxygen atoms in total. The molecule has 0 aromatic heterocycles. The Morgan fingerprint density at radius 1 is 1.44 bits per heavy atom. The number of ether oxygens (including phenoxy) is 1. The zero-order valence-corrected chi connectivity index (χ0v) is 10.2. The van der Waals surface area contributed by atoms with Crippen molar-refractivity contribution >= 4 is 15.7 Å². The average molecular weight is 241 g/mol. The van der Waals surface area contributed by atoms with Crippen molar-refractivity contribution in [3.05, 3.63) is 24.3 Å². The van der Waals surface area contributed by atoms with E-state index in [-0.39, 0.29) is 11.8 Å². The van der Waals surface area contributed by atoms with Gasteiger partial charge in [0, 0.05) is 0 Å². The van der Waals surface area contributed by atoms with Gasteiger partial charge in [-0.2, -0.15) is 0 Å². The number of nitrogens with zero attached hydrogens (tertiary/aromatic N) is 1. The van der Waals surface area contributed by atoms with E-state index in [1.807, 2.05) is 19.1 Å². The third-order valence-electron chi connectivity index (χ3n) is 2.65. The minimum absolute atomic E-state index is 0.103. The number of hydrogen-bond donors (Lipinski definition) is 0. The molecule has 1 aromatic carbocycles. The molecule has 1 atom stereocenters. The van der Waals surface area contributed by atoms with Crippen LogP contribution in [0.4, 0.5) is 5.69 Å². The van der Waals surface area contributed by atoms with Gasteiger partial charge in [0.15, 0.2) is 0 Å². The van der Waals surface area contributed by atoms with Crippen LogP contribution in [0, 0.1) is 0 Å². The maximum atomic E-state index is 12.0. The summed E-state index contributed by atoms with van der Waals surface area (Å²) in [5, 5.41) is 0. The number of fused-ring (bicyclic) bond motifs is 1. The van der Waals surface area contributed by atoms with Crippen LogP contribution in [-0.4, -0.2) is 26.8 Å². The molecule has 0 radical (unpaired) electrons. The largest absolute Gasteiger partial charge is 0.489 e. The molecule has 1 aliphatic rings. The zero-order valence-electron chi connectivity index (χ0n) is 9.38. The highest BCUT2D eigenvalue weighted by Crippen LogP contribution is 2.35. The van der Waals surface area contributed by atoms with Crippen molar-refractivity contribution < 1.29 is 13.2 Å². The highest BCUT2D eigenvalue weighted by molar-refractivity contribution is 7.92. The minimum atomic E-state index is -3.23. The first kappa shape index (κ1) is 11.3. The monoisotopic (exact) mass is 241 g/mol. The summed E-state index contributed by atoms with van der Waals surface area (Å²) in [6.07, 6.45) is 0. The van der Waals surface area contributed by atoms with E-state index in [1.165, 1.54) is 4.31 Å². The molecular formula is C11H15NO3S. The predicted molar refractivity (Wildman–Crippen MR) is 63.3 cm³/mol. The molecule has 0 amide bonds. The van der Waals surface area contributed by atoms with Gasteiger partial charge in [0.2, 0.25) is 10.0 Å². The quantitative estimate of drug-likeness (QED) is 0.790. The first-order valence-corrected chi connectivity index (χ1v) is 6.91. The van der Waals surface area contributed by atoms with E-state index in [4.69, 9.17) is 4.74 Å². The first-order valence-electron chi connectivity index (χ1n) is 5.30. The Hall–Kier alpha value is -1.23. The van der Waals surface area contributed by atoms with Crippen LogP contribution >= 0.6 is 0 Å². The second-order valence-corrected chi connectivity index (χ2v) is 5.96. The van der Waals surface area contributed by atoms with Gasteiger partial charge >= 0.3 is 0 Å². The van der Waals surface area contributed by atoms with Crippen LogP contribution in [0.15, 0.2) is 24.3 Å². The van der Waals surface area contributed by atoms with E-state index in [0.29, 0.717) is 18.0 Å². The van der Waals surface area contributed by atoms with Gasteiger partial charge in [0.1, 0.15) is 12.4 Å². The molecule has 0 bridgehead atoms. The molecular weight excluding hydrogens is 226 g/mol. The van der Waals surface area contributed by atoms with Crippen LogP contribution in [0.3, 0.4) is 0 Å². The van der Waals surface area contributed by atoms with E-state index >= 15 is 0 Å². The van der Waals surface area contributed by atoms with Gasteiger partial charge < -0.3 is 4.74 Å². The van der Waals surface area contributed by atoms with Gasteiger partial charge in [-0.15, -0.1) is 0 Å². The van der Waals surface area contributed by atoms with E-state index in [9.17, 15) is 8.42 Å². The summed E-state index contributed by atoms with van der Waals surface area (Å²) in [5.74, 6) is 0.740. The molecule has 16 heavy (non-hydrogen) atoms. The third kappa shape index (κ3) is 1.75. The lowest BCUT2D eigenvalue weighted by Gasteiger charge is -2.35. The molecule has 1 aromatic rings. The molecule has 1 aliphatic heterocycles. The van der Waals surface area contributed by atoms with Gasteiger partial charge in [-0.3, -0.25) is 4.31 Å². The number of para-hydroxylation sites is 2. The summed E-state index contributed by atoms with van der Waals surface area (Å²) in [5.41, 5.74) is 0.642. The fraction of sp³-hybridized carbons (Fsp3) is 0.455. The van der Waals surface area contributed by atoms with E-state index in [1.54, 1.807) is 19.1 Å². The van der Waals surface area contributed by atoms with E-state index in [0.717, 1.165) is 0 Å². The van der Waals surface area contributed by atoms with Crippen LogP contribution in [0.5, 0.6) is 5.75 Å². The van der Waals surface area contributed by atoms with Gasteiger partial charge in [0.05, 0.1) is 17.5 Å². The summed E-state index contributed by atoms with van der Waals surface area (Å²) in [7, 11) is -3.23. The maximum absolute atomic E-state index is 12.0. The smallest absolute Gasteiger partial charge is 0.235 e. The highest BCUT2D eigenvalue weighted by atomic mass is 32.2. The van der Waals surface area contributed by atoms with Crippen molar-refractivity contribution in [1.82, 2.24) is 0 Å². The van der Waals surface area contributed by atoms with E-state index in [2.05, 4.69) is 0 Å². The molecule has 0 fully saturated rings. The van der Waals surface area contributed by atoms with Gasteiger partial charge in [-0.1, -0.05) is 12.1 Å². The Kier molecular flexibility index (Phi) is 2.80. The van der Waals surface area contributed by atoms with Gasteiger partial charge in [0.25, 0.3) is 0 Å². The standard InChI is InChI=1S/C11H15NO3S/c1-3-16(13,14)12-9(2)8-15-11-7-5-4-6-10(11)12/h4-7,9H,3,8H2,1-2H3. The van der Waals surface area contributed by atoms with Crippen molar-refractivity contribution in [2.45, 2.75) is 19.9 Å².